The highest BCUT2D eigenvalue weighted by Gasteiger charge is 2.37. The summed E-state index contributed by atoms with van der Waals surface area (Å²) in [5.41, 5.74) is 1.71. The Morgan fingerprint density at radius 2 is 1.82 bits per heavy atom. The van der Waals surface area contributed by atoms with Gasteiger partial charge in [-0.05, 0) is 28.8 Å². The van der Waals surface area contributed by atoms with E-state index in [1.165, 1.54) is 23.1 Å². The minimum absolute atomic E-state index is 0.138. The quantitative estimate of drug-likeness (QED) is 0.662. The summed E-state index contributed by atoms with van der Waals surface area (Å²) >= 11 is 0. The highest BCUT2D eigenvalue weighted by atomic mass is 19.4. The van der Waals surface area contributed by atoms with Gasteiger partial charge in [-0.2, -0.15) is 18.3 Å². The van der Waals surface area contributed by atoms with Crippen molar-refractivity contribution in [3.63, 3.8) is 0 Å². The first kappa shape index (κ1) is 18.3. The lowest BCUT2D eigenvalue weighted by Crippen LogP contribution is -2.39. The maximum Gasteiger partial charge on any atom is 0.417 e. The number of hydrogen-bond acceptors (Lipinski definition) is 2. The third kappa shape index (κ3) is 3.28. The van der Waals surface area contributed by atoms with Crippen molar-refractivity contribution >= 4 is 5.91 Å². The van der Waals surface area contributed by atoms with Crippen LogP contribution in [0, 0.1) is 0 Å². The number of nitrogens with zero attached hydrogens (tertiary/aromatic N) is 3. The van der Waals surface area contributed by atoms with Crippen LogP contribution in [0.5, 0.6) is 0 Å². The van der Waals surface area contributed by atoms with Gasteiger partial charge in [-0.3, -0.25) is 9.48 Å². The van der Waals surface area contributed by atoms with Crippen molar-refractivity contribution in [1.82, 2.24) is 14.7 Å². The second-order valence-corrected chi connectivity index (χ2v) is 6.93. The van der Waals surface area contributed by atoms with Gasteiger partial charge >= 0.3 is 6.18 Å². The van der Waals surface area contributed by atoms with Crippen LogP contribution in [0.3, 0.4) is 0 Å². The first-order valence-electron chi connectivity index (χ1n) is 8.86. The minimum atomic E-state index is -4.58. The molecule has 1 amide bonds. The van der Waals surface area contributed by atoms with Crippen LogP contribution in [0.2, 0.25) is 0 Å². The van der Waals surface area contributed by atoms with Gasteiger partial charge in [-0.1, -0.05) is 36.4 Å². The Hall–Kier alpha value is -3.09. The standard InChI is InChI=1S/C21H18F3N3O/c1-26-11-15(10-25-26)18-13-27(12-14-6-2-3-7-16(14)18)20(28)17-8-4-5-9-19(17)21(22,23)24/h2-11,18H,12-13H2,1H3. The Labute approximate surface area is 160 Å². The van der Waals surface area contributed by atoms with E-state index in [1.807, 2.05) is 30.5 Å². The first-order valence-corrected chi connectivity index (χ1v) is 8.86. The van der Waals surface area contributed by atoms with Gasteiger partial charge < -0.3 is 4.90 Å². The molecule has 1 unspecified atom stereocenters. The van der Waals surface area contributed by atoms with Crippen LogP contribution in [0.4, 0.5) is 13.2 Å². The molecular weight excluding hydrogens is 367 g/mol. The summed E-state index contributed by atoms with van der Waals surface area (Å²) in [7, 11) is 1.81. The molecule has 4 rings (SSSR count). The fraction of sp³-hybridized carbons (Fsp3) is 0.238. The van der Waals surface area contributed by atoms with Gasteiger partial charge in [0, 0.05) is 32.3 Å². The molecule has 0 bridgehead atoms. The summed E-state index contributed by atoms with van der Waals surface area (Å²) in [6, 6.07) is 12.7. The summed E-state index contributed by atoms with van der Waals surface area (Å²) in [5.74, 6) is -0.753. The second kappa shape index (κ2) is 6.82. The second-order valence-electron chi connectivity index (χ2n) is 6.93. The fourth-order valence-corrected chi connectivity index (χ4v) is 3.75. The van der Waals surface area contributed by atoms with E-state index in [1.54, 1.807) is 17.9 Å². The van der Waals surface area contributed by atoms with Gasteiger partial charge in [0.25, 0.3) is 5.91 Å². The monoisotopic (exact) mass is 385 g/mol. The number of benzene rings is 2. The van der Waals surface area contributed by atoms with Crippen LogP contribution in [0.1, 0.15) is 38.5 Å². The summed E-state index contributed by atoms with van der Waals surface area (Å²) < 4.78 is 41.8. The van der Waals surface area contributed by atoms with E-state index in [-0.39, 0.29) is 18.0 Å². The molecule has 3 aromatic rings. The number of amides is 1. The number of fused-ring (bicyclic) bond motifs is 1. The van der Waals surface area contributed by atoms with Crippen molar-refractivity contribution in [1.29, 1.82) is 0 Å². The molecule has 0 fully saturated rings. The van der Waals surface area contributed by atoms with Gasteiger partial charge in [0.15, 0.2) is 0 Å². The molecule has 1 atom stereocenters. The average Bonchev–Trinajstić information content (AvgIpc) is 3.12. The van der Waals surface area contributed by atoms with Gasteiger partial charge in [0.2, 0.25) is 0 Å². The third-order valence-electron chi connectivity index (χ3n) is 5.07. The number of aromatic nitrogens is 2. The Morgan fingerprint density at radius 3 is 2.54 bits per heavy atom. The molecule has 0 aliphatic carbocycles. The molecule has 0 spiro atoms. The van der Waals surface area contributed by atoms with Gasteiger partial charge in [0.1, 0.15) is 0 Å². The smallest absolute Gasteiger partial charge is 0.333 e. The van der Waals surface area contributed by atoms with Crippen LogP contribution in [0.25, 0.3) is 0 Å². The van der Waals surface area contributed by atoms with E-state index >= 15 is 0 Å². The van der Waals surface area contributed by atoms with Crippen LogP contribution in [-0.4, -0.2) is 27.1 Å². The molecule has 0 N–H and O–H groups in total. The number of hydrogen-bond donors (Lipinski definition) is 0. The Bertz CT molecular complexity index is 1030. The van der Waals surface area contributed by atoms with E-state index in [2.05, 4.69) is 5.10 Å². The lowest BCUT2D eigenvalue weighted by Gasteiger charge is -2.35. The molecule has 7 heteroatoms. The zero-order valence-electron chi connectivity index (χ0n) is 15.1. The maximum absolute atomic E-state index is 13.4. The lowest BCUT2D eigenvalue weighted by atomic mass is 9.85. The Balaban J connectivity index is 1.73. The van der Waals surface area contributed by atoms with Crippen molar-refractivity contribution in [2.24, 2.45) is 7.05 Å². The van der Waals surface area contributed by atoms with E-state index in [0.29, 0.717) is 6.54 Å². The van der Waals surface area contributed by atoms with Crippen LogP contribution >= 0.6 is 0 Å². The normalized spacial score (nSPS) is 16.7. The molecule has 0 radical (unpaired) electrons. The molecule has 144 valence electrons. The van der Waals surface area contributed by atoms with E-state index in [4.69, 9.17) is 0 Å². The van der Waals surface area contributed by atoms with Crippen LogP contribution in [0.15, 0.2) is 60.9 Å². The van der Waals surface area contributed by atoms with Gasteiger partial charge in [0.05, 0.1) is 17.3 Å². The number of rotatable bonds is 2. The fourth-order valence-electron chi connectivity index (χ4n) is 3.75. The minimum Gasteiger partial charge on any atom is -0.333 e. The highest BCUT2D eigenvalue weighted by Crippen LogP contribution is 2.36. The van der Waals surface area contributed by atoms with Crippen molar-refractivity contribution in [2.45, 2.75) is 18.6 Å². The van der Waals surface area contributed by atoms with E-state index < -0.39 is 17.6 Å². The zero-order valence-corrected chi connectivity index (χ0v) is 15.1. The van der Waals surface area contributed by atoms with Crippen molar-refractivity contribution in [3.05, 3.63) is 88.7 Å². The molecule has 0 saturated carbocycles. The SMILES string of the molecule is Cn1cc(C2CN(C(=O)c3ccccc3C(F)(F)F)Cc3ccccc32)cn1. The molecule has 2 heterocycles. The lowest BCUT2D eigenvalue weighted by molar-refractivity contribution is -0.138. The zero-order chi connectivity index (χ0) is 19.9. The molecule has 1 aromatic heterocycles. The van der Waals surface area contributed by atoms with Crippen molar-refractivity contribution in [2.75, 3.05) is 6.54 Å². The van der Waals surface area contributed by atoms with Crippen LogP contribution in [-0.2, 0) is 19.8 Å². The first-order chi connectivity index (χ1) is 13.3. The summed E-state index contributed by atoms with van der Waals surface area (Å²) in [5, 5.41) is 4.20. The van der Waals surface area contributed by atoms with E-state index in [9.17, 15) is 18.0 Å². The number of carbonyl (C=O) groups is 1. The number of aryl methyl sites for hydroxylation is 1. The topological polar surface area (TPSA) is 38.1 Å². The number of carbonyl (C=O) groups excluding carboxylic acids is 1. The molecule has 4 nitrogen and oxygen atoms in total. The van der Waals surface area contributed by atoms with Crippen molar-refractivity contribution in [3.8, 4) is 0 Å². The highest BCUT2D eigenvalue weighted by molar-refractivity contribution is 5.96. The molecule has 1 aliphatic rings. The largest absolute Gasteiger partial charge is 0.417 e. The number of halogens is 3. The molecule has 1 aliphatic heterocycles. The Morgan fingerprint density at radius 1 is 1.11 bits per heavy atom. The predicted molar refractivity (Wildman–Crippen MR) is 97.7 cm³/mol. The average molecular weight is 385 g/mol. The van der Waals surface area contributed by atoms with Crippen molar-refractivity contribution < 1.29 is 18.0 Å². The summed E-state index contributed by atoms with van der Waals surface area (Å²) in [6.07, 6.45) is -0.971. The predicted octanol–water partition coefficient (Wildman–Crippen LogP) is 4.23. The summed E-state index contributed by atoms with van der Waals surface area (Å²) in [4.78, 5) is 14.6. The molecular formula is C21H18F3N3O. The third-order valence-corrected chi connectivity index (χ3v) is 5.07. The summed E-state index contributed by atoms with van der Waals surface area (Å²) in [6.45, 7) is 0.575. The Kier molecular flexibility index (Phi) is 4.45. The van der Waals surface area contributed by atoms with Crippen LogP contribution < -0.4 is 0 Å². The molecule has 2 aromatic carbocycles. The maximum atomic E-state index is 13.4. The molecule has 28 heavy (non-hydrogen) atoms. The van der Waals surface area contributed by atoms with Gasteiger partial charge in [-0.25, -0.2) is 0 Å². The number of alkyl halides is 3. The van der Waals surface area contributed by atoms with Gasteiger partial charge in [-0.15, -0.1) is 0 Å². The van der Waals surface area contributed by atoms with E-state index in [0.717, 1.165) is 22.8 Å². The molecule has 0 saturated heterocycles.